The molecule has 1 atom stereocenters. The van der Waals surface area contributed by atoms with Crippen molar-refractivity contribution in [2.24, 2.45) is 5.14 Å². The summed E-state index contributed by atoms with van der Waals surface area (Å²) in [5.74, 6) is 1.16. The Labute approximate surface area is 196 Å². The molecule has 0 fully saturated rings. The molecule has 1 heterocycles. The van der Waals surface area contributed by atoms with Crippen LogP contribution in [0.25, 0.3) is 11.1 Å². The van der Waals surface area contributed by atoms with E-state index in [0.29, 0.717) is 39.5 Å². The lowest BCUT2D eigenvalue weighted by atomic mass is 9.87. The molecule has 0 saturated carbocycles. The Morgan fingerprint density at radius 2 is 1.76 bits per heavy atom. The van der Waals surface area contributed by atoms with Crippen LogP contribution in [0.1, 0.15) is 22.8 Å². The van der Waals surface area contributed by atoms with Gasteiger partial charge in [0.15, 0.2) is 11.5 Å². The molecular weight excluding hydrogens is 468 g/mol. The zero-order valence-electron chi connectivity index (χ0n) is 18.5. The molecule has 0 saturated heterocycles. The van der Waals surface area contributed by atoms with E-state index in [1.165, 1.54) is 20.3 Å². The predicted octanol–water partition coefficient (Wildman–Crippen LogP) is 4.29. The van der Waals surface area contributed by atoms with Crippen LogP contribution < -0.4 is 24.1 Å². The van der Waals surface area contributed by atoms with Gasteiger partial charge in [-0.15, -0.1) is 0 Å². The number of hydrogen-bond acceptors (Lipinski definition) is 6. The first-order valence-electron chi connectivity index (χ1n) is 10.3. The van der Waals surface area contributed by atoms with Crippen LogP contribution in [0.4, 0.5) is 8.78 Å². The van der Waals surface area contributed by atoms with Crippen LogP contribution >= 0.6 is 0 Å². The number of aryl methyl sites for hydroxylation is 1. The molecule has 0 spiro atoms. The minimum Gasteiger partial charge on any atom is -0.493 e. The van der Waals surface area contributed by atoms with E-state index in [1.807, 2.05) is 6.07 Å². The van der Waals surface area contributed by atoms with Crippen LogP contribution in [0.15, 0.2) is 54.6 Å². The Bertz CT molecular complexity index is 1310. The molecule has 1 aliphatic heterocycles. The third-order valence-electron chi connectivity index (χ3n) is 5.50. The van der Waals surface area contributed by atoms with Crippen molar-refractivity contribution in [3.8, 4) is 34.1 Å². The largest absolute Gasteiger partial charge is 0.493 e. The van der Waals surface area contributed by atoms with Crippen molar-refractivity contribution in [1.29, 1.82) is 0 Å². The van der Waals surface area contributed by atoms with Gasteiger partial charge in [0.05, 0.1) is 25.5 Å². The Hall–Kier alpha value is -3.37. The zero-order valence-corrected chi connectivity index (χ0v) is 19.3. The van der Waals surface area contributed by atoms with E-state index in [-0.39, 0.29) is 17.9 Å². The van der Waals surface area contributed by atoms with Gasteiger partial charge in [0.1, 0.15) is 17.6 Å². The minimum absolute atomic E-state index is 0.0169. The van der Waals surface area contributed by atoms with Crippen molar-refractivity contribution in [2.75, 3.05) is 20.0 Å². The van der Waals surface area contributed by atoms with Gasteiger partial charge in [-0.3, -0.25) is 0 Å². The van der Waals surface area contributed by atoms with Crippen LogP contribution in [0.5, 0.6) is 23.0 Å². The Morgan fingerprint density at radius 3 is 2.44 bits per heavy atom. The lowest BCUT2D eigenvalue weighted by Gasteiger charge is -2.31. The van der Waals surface area contributed by atoms with Crippen molar-refractivity contribution in [3.63, 3.8) is 0 Å². The van der Waals surface area contributed by atoms with Crippen molar-refractivity contribution < 1.29 is 36.1 Å². The molecule has 3 aromatic rings. The molecule has 2 N–H and O–H groups in total. The third-order valence-corrected chi connectivity index (χ3v) is 6.28. The number of sulfonamides is 1. The summed E-state index contributed by atoms with van der Waals surface area (Å²) in [7, 11) is -0.610. The van der Waals surface area contributed by atoms with E-state index in [1.54, 1.807) is 42.5 Å². The SMILES string of the molecule is COc1ccc(C2Oc3cccc(OC(F)F)c3-c3ccc(CCS(N)(=O)=O)cc32)cc1OC. The summed E-state index contributed by atoms with van der Waals surface area (Å²) in [6.45, 7) is -3.01. The van der Waals surface area contributed by atoms with E-state index in [9.17, 15) is 17.2 Å². The average Bonchev–Trinajstić information content (AvgIpc) is 2.80. The molecule has 1 aliphatic rings. The van der Waals surface area contributed by atoms with E-state index in [2.05, 4.69) is 0 Å². The fourth-order valence-corrected chi connectivity index (χ4v) is 4.52. The summed E-state index contributed by atoms with van der Waals surface area (Å²) in [4.78, 5) is 0. The minimum atomic E-state index is -3.66. The van der Waals surface area contributed by atoms with Gasteiger partial charge in [0.25, 0.3) is 0 Å². The van der Waals surface area contributed by atoms with Gasteiger partial charge in [0, 0.05) is 11.1 Å². The Morgan fingerprint density at radius 1 is 1.00 bits per heavy atom. The fraction of sp³-hybridized carbons (Fsp3) is 0.250. The van der Waals surface area contributed by atoms with Crippen LogP contribution in [-0.2, 0) is 16.4 Å². The molecule has 0 aromatic heterocycles. The van der Waals surface area contributed by atoms with Crippen LogP contribution in [0.2, 0.25) is 0 Å². The number of alkyl halides is 2. The monoisotopic (exact) mass is 491 g/mol. The molecule has 180 valence electrons. The smallest absolute Gasteiger partial charge is 0.387 e. The lowest BCUT2D eigenvalue weighted by molar-refractivity contribution is -0.0496. The van der Waals surface area contributed by atoms with Crippen LogP contribution in [0, 0.1) is 0 Å². The second-order valence-corrected chi connectivity index (χ2v) is 9.39. The average molecular weight is 492 g/mol. The maximum atomic E-state index is 13.1. The normalized spacial score (nSPS) is 14.7. The standard InChI is InChI=1S/C24H23F2NO6S/c1-30-18-9-7-15(13-21(18)31-2)23-17-12-14(10-11-34(27,28)29)6-8-16(17)22-19(32-23)4-3-5-20(22)33-24(25)26/h3-9,12-13,23-24H,10-11H2,1-2H3,(H2,27,28,29). The maximum Gasteiger partial charge on any atom is 0.387 e. The quantitative estimate of drug-likeness (QED) is 0.505. The first kappa shape index (κ1) is 23.8. The molecule has 0 bridgehead atoms. The van der Waals surface area contributed by atoms with Crippen molar-refractivity contribution >= 4 is 10.0 Å². The molecular formula is C24H23F2NO6S. The summed E-state index contributed by atoms with van der Waals surface area (Å²) in [5, 5.41) is 5.16. The Kier molecular flexibility index (Phi) is 6.63. The van der Waals surface area contributed by atoms with Gasteiger partial charge in [0.2, 0.25) is 10.0 Å². The highest BCUT2D eigenvalue weighted by atomic mass is 32.2. The number of benzene rings is 3. The number of ether oxygens (including phenoxy) is 4. The third kappa shape index (κ3) is 4.92. The highest BCUT2D eigenvalue weighted by molar-refractivity contribution is 7.89. The molecule has 3 aromatic carbocycles. The number of fused-ring (bicyclic) bond motifs is 3. The summed E-state index contributed by atoms with van der Waals surface area (Å²) in [6, 6.07) is 15.3. The van der Waals surface area contributed by atoms with E-state index in [0.717, 1.165) is 5.56 Å². The van der Waals surface area contributed by atoms with Gasteiger partial charge in [-0.25, -0.2) is 13.6 Å². The van der Waals surface area contributed by atoms with Gasteiger partial charge in [-0.2, -0.15) is 8.78 Å². The number of primary sulfonamides is 1. The topological polar surface area (TPSA) is 97.1 Å². The predicted molar refractivity (Wildman–Crippen MR) is 122 cm³/mol. The van der Waals surface area contributed by atoms with Crippen molar-refractivity contribution in [3.05, 3.63) is 71.3 Å². The molecule has 0 radical (unpaired) electrons. The highest BCUT2D eigenvalue weighted by Gasteiger charge is 2.31. The van der Waals surface area contributed by atoms with E-state index in [4.69, 9.17) is 24.1 Å². The number of methoxy groups -OCH3 is 2. The summed E-state index contributed by atoms with van der Waals surface area (Å²) >= 11 is 0. The van der Waals surface area contributed by atoms with Crippen LogP contribution in [-0.4, -0.2) is 35.0 Å². The second kappa shape index (κ2) is 9.47. The first-order chi connectivity index (χ1) is 16.2. The number of rotatable bonds is 8. The number of nitrogens with two attached hydrogens (primary N) is 1. The summed E-state index contributed by atoms with van der Waals surface area (Å²) in [5.41, 5.74) is 3.13. The molecule has 34 heavy (non-hydrogen) atoms. The zero-order chi connectivity index (χ0) is 24.5. The molecule has 1 unspecified atom stereocenters. The summed E-state index contributed by atoms with van der Waals surface area (Å²) < 4.78 is 70.9. The second-order valence-electron chi connectivity index (χ2n) is 7.66. The number of halogens is 2. The molecule has 0 aliphatic carbocycles. The van der Waals surface area contributed by atoms with Crippen molar-refractivity contribution in [1.82, 2.24) is 0 Å². The molecule has 4 rings (SSSR count). The molecule has 0 amide bonds. The maximum absolute atomic E-state index is 13.1. The van der Waals surface area contributed by atoms with Gasteiger partial charge in [-0.1, -0.05) is 30.3 Å². The van der Waals surface area contributed by atoms with E-state index >= 15 is 0 Å². The lowest BCUT2D eigenvalue weighted by Crippen LogP contribution is -2.19. The number of hydrogen-bond donors (Lipinski definition) is 1. The molecule has 7 nitrogen and oxygen atoms in total. The van der Waals surface area contributed by atoms with Gasteiger partial charge < -0.3 is 18.9 Å². The summed E-state index contributed by atoms with van der Waals surface area (Å²) in [6.07, 6.45) is -0.439. The first-order valence-corrected chi connectivity index (χ1v) is 12.0. The van der Waals surface area contributed by atoms with Crippen LogP contribution in [0.3, 0.4) is 0 Å². The van der Waals surface area contributed by atoms with Gasteiger partial charge in [-0.05, 0) is 41.8 Å². The highest BCUT2D eigenvalue weighted by Crippen LogP contribution is 2.50. The van der Waals surface area contributed by atoms with Gasteiger partial charge >= 0.3 is 6.61 Å². The molecule has 10 heteroatoms. The van der Waals surface area contributed by atoms with E-state index < -0.39 is 22.7 Å². The Balaban J connectivity index is 1.86. The fourth-order valence-electron chi connectivity index (χ4n) is 4.00. The van der Waals surface area contributed by atoms with Crippen molar-refractivity contribution in [2.45, 2.75) is 19.1 Å².